The number of rotatable bonds is 3. The predicted molar refractivity (Wildman–Crippen MR) is 87.9 cm³/mol. The van der Waals surface area contributed by atoms with E-state index in [1.807, 2.05) is 14.0 Å². The minimum Gasteiger partial charge on any atom is -0.354 e. The summed E-state index contributed by atoms with van der Waals surface area (Å²) < 4.78 is 0. The summed E-state index contributed by atoms with van der Waals surface area (Å²) in [7, 11) is 1.82. The van der Waals surface area contributed by atoms with Crippen LogP contribution in [0.1, 0.15) is 36.4 Å². The maximum absolute atomic E-state index is 4.42. The molecule has 0 radical (unpaired) electrons. The molecule has 1 heterocycles. The quantitative estimate of drug-likeness (QED) is 0.482. The van der Waals surface area contributed by atoms with E-state index in [-0.39, 0.29) is 24.0 Å². The van der Waals surface area contributed by atoms with Crippen molar-refractivity contribution >= 4 is 41.3 Å². The number of hydrogen-bond acceptors (Lipinski definition) is 3. The highest BCUT2D eigenvalue weighted by molar-refractivity contribution is 14.0. The van der Waals surface area contributed by atoms with E-state index in [1.165, 1.54) is 25.7 Å². The molecule has 0 amide bonds. The number of hydrogen-bond donors (Lipinski definition) is 2. The van der Waals surface area contributed by atoms with Gasteiger partial charge in [-0.15, -0.1) is 35.3 Å². The van der Waals surface area contributed by atoms with Gasteiger partial charge in [0.1, 0.15) is 0 Å². The second kappa shape index (κ2) is 7.93. The molecule has 0 saturated heterocycles. The van der Waals surface area contributed by atoms with E-state index >= 15 is 0 Å². The highest BCUT2D eigenvalue weighted by Gasteiger charge is 2.15. The third-order valence-electron chi connectivity index (χ3n) is 3.02. The molecule has 4 nitrogen and oxygen atoms in total. The van der Waals surface area contributed by atoms with Crippen LogP contribution in [0.4, 0.5) is 0 Å². The fourth-order valence-electron chi connectivity index (χ4n) is 2.12. The summed E-state index contributed by atoms with van der Waals surface area (Å²) in [6.07, 6.45) is 5.19. The lowest BCUT2D eigenvalue weighted by molar-refractivity contribution is 0.612. The monoisotopic (exact) mass is 380 g/mol. The van der Waals surface area contributed by atoms with Crippen molar-refractivity contribution in [2.45, 2.75) is 45.2 Å². The number of nitrogens with one attached hydrogen (secondary N) is 2. The van der Waals surface area contributed by atoms with Crippen molar-refractivity contribution in [3.05, 3.63) is 16.1 Å². The Balaban J connectivity index is 0.00000162. The molecule has 1 aromatic rings. The number of aromatic nitrogens is 1. The van der Waals surface area contributed by atoms with Crippen molar-refractivity contribution in [2.75, 3.05) is 7.05 Å². The Morgan fingerprint density at radius 1 is 1.50 bits per heavy atom. The van der Waals surface area contributed by atoms with Crippen LogP contribution in [0.2, 0.25) is 0 Å². The van der Waals surface area contributed by atoms with Gasteiger partial charge in [0.2, 0.25) is 0 Å². The van der Waals surface area contributed by atoms with Crippen LogP contribution in [-0.4, -0.2) is 24.0 Å². The van der Waals surface area contributed by atoms with Gasteiger partial charge >= 0.3 is 0 Å². The van der Waals surface area contributed by atoms with Gasteiger partial charge in [-0.3, -0.25) is 4.99 Å². The average Bonchev–Trinajstić information content (AvgIpc) is 2.96. The molecule has 0 aromatic carbocycles. The summed E-state index contributed by atoms with van der Waals surface area (Å²) in [6, 6.07) is 0.596. The first-order valence-corrected chi connectivity index (χ1v) is 7.04. The first kappa shape index (κ1) is 15.7. The van der Waals surface area contributed by atoms with Crippen LogP contribution in [0.25, 0.3) is 0 Å². The summed E-state index contributed by atoms with van der Waals surface area (Å²) in [5, 5.41) is 9.97. The minimum atomic E-state index is 0. The van der Waals surface area contributed by atoms with Gasteiger partial charge in [-0.05, 0) is 19.8 Å². The smallest absolute Gasteiger partial charge is 0.191 e. The number of guanidine groups is 1. The Morgan fingerprint density at radius 3 is 2.78 bits per heavy atom. The third kappa shape index (κ3) is 4.72. The van der Waals surface area contributed by atoms with E-state index in [1.54, 1.807) is 11.3 Å². The van der Waals surface area contributed by atoms with Crippen LogP contribution in [0.15, 0.2) is 10.4 Å². The zero-order valence-corrected chi connectivity index (χ0v) is 14.0. The Morgan fingerprint density at radius 2 is 2.22 bits per heavy atom. The van der Waals surface area contributed by atoms with Gasteiger partial charge in [-0.1, -0.05) is 12.8 Å². The SMILES string of the molecule is CN=C(NCc1csc(C)n1)NC1CCCC1.I. The van der Waals surface area contributed by atoms with Crippen LogP contribution in [0.3, 0.4) is 0 Å². The average molecular weight is 380 g/mol. The molecule has 6 heteroatoms. The van der Waals surface area contributed by atoms with Crippen molar-refractivity contribution in [1.29, 1.82) is 0 Å². The predicted octanol–water partition coefficient (Wildman–Crippen LogP) is 2.68. The molecule has 2 N–H and O–H groups in total. The molecular formula is C12H21IN4S. The van der Waals surface area contributed by atoms with Crippen LogP contribution < -0.4 is 10.6 Å². The molecule has 1 fully saturated rings. The molecule has 2 rings (SSSR count). The highest BCUT2D eigenvalue weighted by atomic mass is 127. The van der Waals surface area contributed by atoms with Crippen LogP contribution in [0, 0.1) is 6.92 Å². The van der Waals surface area contributed by atoms with E-state index in [2.05, 4.69) is 26.0 Å². The topological polar surface area (TPSA) is 49.3 Å². The van der Waals surface area contributed by atoms with Gasteiger partial charge in [0.05, 0.1) is 17.2 Å². The normalized spacial score (nSPS) is 16.4. The van der Waals surface area contributed by atoms with Crippen LogP contribution >= 0.6 is 35.3 Å². The summed E-state index contributed by atoms with van der Waals surface area (Å²) >= 11 is 1.69. The Hall–Kier alpha value is -0.370. The van der Waals surface area contributed by atoms with Gasteiger partial charge in [-0.25, -0.2) is 4.98 Å². The molecule has 18 heavy (non-hydrogen) atoms. The van der Waals surface area contributed by atoms with Gasteiger partial charge in [0.15, 0.2) is 5.96 Å². The van der Waals surface area contributed by atoms with E-state index < -0.39 is 0 Å². The Kier molecular flexibility index (Phi) is 6.91. The second-order valence-electron chi connectivity index (χ2n) is 4.41. The number of thiazole rings is 1. The van der Waals surface area contributed by atoms with Crippen molar-refractivity contribution in [2.24, 2.45) is 4.99 Å². The maximum Gasteiger partial charge on any atom is 0.191 e. The lowest BCUT2D eigenvalue weighted by Crippen LogP contribution is -2.41. The summed E-state index contributed by atoms with van der Waals surface area (Å²) in [6.45, 7) is 2.77. The summed E-state index contributed by atoms with van der Waals surface area (Å²) in [4.78, 5) is 8.67. The molecule has 0 aliphatic heterocycles. The first-order chi connectivity index (χ1) is 8.28. The minimum absolute atomic E-state index is 0. The summed E-state index contributed by atoms with van der Waals surface area (Å²) in [5.74, 6) is 0.891. The molecule has 0 spiro atoms. The molecule has 0 atom stereocenters. The Bertz CT molecular complexity index is 385. The maximum atomic E-state index is 4.42. The van der Waals surface area contributed by atoms with Crippen LogP contribution in [0.5, 0.6) is 0 Å². The van der Waals surface area contributed by atoms with E-state index in [9.17, 15) is 0 Å². The molecule has 1 saturated carbocycles. The van der Waals surface area contributed by atoms with Crippen molar-refractivity contribution in [3.63, 3.8) is 0 Å². The number of halogens is 1. The van der Waals surface area contributed by atoms with Gasteiger partial charge in [-0.2, -0.15) is 0 Å². The standard InChI is InChI=1S/C12H20N4S.HI/c1-9-15-11(8-17-9)7-14-12(13-2)16-10-5-3-4-6-10;/h8,10H,3-7H2,1-2H3,(H2,13,14,16);1H. The second-order valence-corrected chi connectivity index (χ2v) is 5.47. The Labute approximate surface area is 130 Å². The van der Waals surface area contributed by atoms with Crippen molar-refractivity contribution in [1.82, 2.24) is 15.6 Å². The molecule has 102 valence electrons. The number of aliphatic imine (C=N–C) groups is 1. The molecule has 1 aromatic heterocycles. The highest BCUT2D eigenvalue weighted by Crippen LogP contribution is 2.17. The van der Waals surface area contributed by atoms with E-state index in [0.29, 0.717) is 6.04 Å². The molecule has 1 aliphatic rings. The van der Waals surface area contributed by atoms with Crippen molar-refractivity contribution < 1.29 is 0 Å². The van der Waals surface area contributed by atoms with Gasteiger partial charge in [0, 0.05) is 18.5 Å². The molecule has 0 bridgehead atoms. The third-order valence-corrected chi connectivity index (χ3v) is 3.85. The fraction of sp³-hybridized carbons (Fsp3) is 0.667. The van der Waals surface area contributed by atoms with Crippen LogP contribution in [-0.2, 0) is 6.54 Å². The number of nitrogens with zero attached hydrogens (tertiary/aromatic N) is 2. The molecule has 1 aliphatic carbocycles. The summed E-state index contributed by atoms with van der Waals surface area (Å²) in [5.41, 5.74) is 1.09. The largest absolute Gasteiger partial charge is 0.354 e. The van der Waals surface area contributed by atoms with E-state index in [4.69, 9.17) is 0 Å². The first-order valence-electron chi connectivity index (χ1n) is 6.16. The zero-order valence-electron chi connectivity index (χ0n) is 10.9. The van der Waals surface area contributed by atoms with E-state index in [0.717, 1.165) is 23.2 Å². The fourth-order valence-corrected chi connectivity index (χ4v) is 2.73. The lowest BCUT2D eigenvalue weighted by Gasteiger charge is -2.16. The molecule has 0 unspecified atom stereocenters. The lowest BCUT2D eigenvalue weighted by atomic mass is 10.2. The van der Waals surface area contributed by atoms with Gasteiger partial charge < -0.3 is 10.6 Å². The van der Waals surface area contributed by atoms with Gasteiger partial charge in [0.25, 0.3) is 0 Å². The number of aryl methyl sites for hydroxylation is 1. The van der Waals surface area contributed by atoms with Crippen molar-refractivity contribution in [3.8, 4) is 0 Å². The zero-order chi connectivity index (χ0) is 12.1. The molecular weight excluding hydrogens is 359 g/mol.